The largest absolute Gasteiger partial charge is 0.389 e. The third-order valence-corrected chi connectivity index (χ3v) is 2.92. The Morgan fingerprint density at radius 3 is 2.86 bits per heavy atom. The van der Waals surface area contributed by atoms with Gasteiger partial charge in [-0.15, -0.1) is 0 Å². The second-order valence-corrected chi connectivity index (χ2v) is 4.85. The molecule has 0 saturated carbocycles. The molecule has 1 unspecified atom stereocenters. The minimum absolute atomic E-state index is 0.185. The van der Waals surface area contributed by atoms with Crippen molar-refractivity contribution in [3.8, 4) is 11.8 Å². The van der Waals surface area contributed by atoms with E-state index >= 15 is 0 Å². The van der Waals surface area contributed by atoms with Gasteiger partial charge in [0.25, 0.3) is 5.91 Å². The minimum atomic E-state index is -0.715. The van der Waals surface area contributed by atoms with Crippen LogP contribution in [0.4, 0.5) is 0 Å². The lowest BCUT2D eigenvalue weighted by Gasteiger charge is -2.21. The summed E-state index contributed by atoms with van der Waals surface area (Å²) in [5, 5.41) is 9.72. The Labute approximate surface area is 125 Å². The molecule has 0 bridgehead atoms. The molecule has 114 valence electrons. The highest BCUT2D eigenvalue weighted by Gasteiger charge is 2.18. The summed E-state index contributed by atoms with van der Waals surface area (Å²) >= 11 is 0. The number of nitrogens with zero attached hydrogens (tertiary/aromatic N) is 1. The molecule has 0 aliphatic carbocycles. The summed E-state index contributed by atoms with van der Waals surface area (Å²) in [5.74, 6) is 5.48. The van der Waals surface area contributed by atoms with Crippen molar-refractivity contribution < 1.29 is 14.6 Å². The average Bonchev–Trinajstić information content (AvgIpc) is 2.45. The van der Waals surface area contributed by atoms with Gasteiger partial charge in [0.2, 0.25) is 0 Å². The predicted molar refractivity (Wildman–Crippen MR) is 82.0 cm³/mol. The van der Waals surface area contributed by atoms with Crippen molar-refractivity contribution in [1.82, 2.24) is 4.90 Å². The van der Waals surface area contributed by atoms with Crippen molar-refractivity contribution in [3.63, 3.8) is 0 Å². The van der Waals surface area contributed by atoms with Gasteiger partial charge in [-0.2, -0.15) is 0 Å². The molecule has 0 fully saturated rings. The van der Waals surface area contributed by atoms with E-state index in [1.165, 1.54) is 12.0 Å². The van der Waals surface area contributed by atoms with Crippen LogP contribution in [0.1, 0.15) is 21.5 Å². The van der Waals surface area contributed by atoms with E-state index in [9.17, 15) is 9.90 Å². The highest BCUT2D eigenvalue weighted by molar-refractivity contribution is 5.96. The van der Waals surface area contributed by atoms with Gasteiger partial charge < -0.3 is 20.5 Å². The standard InChI is InChI=1S/C16H22N2O3/c1-12-6-7-13(5-4-8-17)15(9-12)16(20)18(2)10-14(19)11-21-3/h6-7,9,14,19H,8,10-11,17H2,1-3H3. The molecule has 21 heavy (non-hydrogen) atoms. The van der Waals surface area contributed by atoms with Crippen molar-refractivity contribution in [1.29, 1.82) is 0 Å². The molecule has 0 aliphatic rings. The topological polar surface area (TPSA) is 75.8 Å². The minimum Gasteiger partial charge on any atom is -0.389 e. The van der Waals surface area contributed by atoms with Gasteiger partial charge in [-0.05, 0) is 19.1 Å². The molecule has 5 heteroatoms. The highest BCUT2D eigenvalue weighted by Crippen LogP contribution is 2.13. The van der Waals surface area contributed by atoms with Crippen molar-refractivity contribution in [2.75, 3.05) is 33.9 Å². The van der Waals surface area contributed by atoms with Gasteiger partial charge in [0, 0.05) is 26.3 Å². The van der Waals surface area contributed by atoms with Crippen LogP contribution in [0, 0.1) is 18.8 Å². The quantitative estimate of drug-likeness (QED) is 0.769. The summed E-state index contributed by atoms with van der Waals surface area (Å²) in [4.78, 5) is 14.0. The Morgan fingerprint density at radius 1 is 1.52 bits per heavy atom. The number of benzene rings is 1. The van der Waals surface area contributed by atoms with Crippen LogP contribution in [0.15, 0.2) is 18.2 Å². The zero-order chi connectivity index (χ0) is 15.8. The van der Waals surface area contributed by atoms with E-state index in [2.05, 4.69) is 11.8 Å². The van der Waals surface area contributed by atoms with E-state index < -0.39 is 6.10 Å². The molecule has 0 saturated heterocycles. The molecule has 1 aromatic carbocycles. The predicted octanol–water partition coefficient (Wildman–Crippen LogP) is 0.385. The monoisotopic (exact) mass is 290 g/mol. The van der Waals surface area contributed by atoms with Gasteiger partial charge in [0.05, 0.1) is 24.8 Å². The van der Waals surface area contributed by atoms with Crippen molar-refractivity contribution in [2.24, 2.45) is 5.73 Å². The maximum atomic E-state index is 12.5. The Morgan fingerprint density at radius 2 is 2.24 bits per heavy atom. The number of likely N-dealkylation sites (N-methyl/N-ethyl adjacent to an activating group) is 1. The molecule has 0 aromatic heterocycles. The first-order valence-corrected chi connectivity index (χ1v) is 6.71. The number of rotatable bonds is 5. The van der Waals surface area contributed by atoms with Gasteiger partial charge in [-0.1, -0.05) is 23.5 Å². The number of hydrogen-bond acceptors (Lipinski definition) is 4. The fraction of sp³-hybridized carbons (Fsp3) is 0.438. The molecule has 1 amide bonds. The number of aliphatic hydroxyl groups excluding tert-OH is 1. The maximum Gasteiger partial charge on any atom is 0.254 e. The van der Waals surface area contributed by atoms with Gasteiger partial charge in [0.1, 0.15) is 0 Å². The molecule has 0 aliphatic heterocycles. The SMILES string of the molecule is COCC(O)CN(C)C(=O)c1cc(C)ccc1C#CCN. The number of carbonyl (C=O) groups excluding carboxylic acids is 1. The number of aryl methyl sites for hydroxylation is 1. The van der Waals surface area contributed by atoms with Gasteiger partial charge >= 0.3 is 0 Å². The van der Waals surface area contributed by atoms with Crippen molar-refractivity contribution >= 4 is 5.91 Å². The van der Waals surface area contributed by atoms with E-state index in [4.69, 9.17) is 10.5 Å². The lowest BCUT2D eigenvalue weighted by atomic mass is 10.0. The fourth-order valence-corrected chi connectivity index (χ4v) is 1.94. The summed E-state index contributed by atoms with van der Waals surface area (Å²) in [6.07, 6.45) is -0.715. The number of methoxy groups -OCH3 is 1. The van der Waals surface area contributed by atoms with Crippen LogP contribution < -0.4 is 5.73 Å². The Bertz CT molecular complexity index is 546. The average molecular weight is 290 g/mol. The maximum absolute atomic E-state index is 12.5. The normalized spacial score (nSPS) is 11.5. The van der Waals surface area contributed by atoms with Crippen molar-refractivity contribution in [3.05, 3.63) is 34.9 Å². The molecular weight excluding hydrogens is 268 g/mol. The van der Waals surface area contributed by atoms with Crippen LogP contribution in [0.5, 0.6) is 0 Å². The first-order valence-electron chi connectivity index (χ1n) is 6.71. The lowest BCUT2D eigenvalue weighted by molar-refractivity contribution is 0.0380. The molecule has 0 radical (unpaired) electrons. The number of aliphatic hydroxyl groups is 1. The van der Waals surface area contributed by atoms with E-state index in [1.54, 1.807) is 13.1 Å². The number of carbonyl (C=O) groups is 1. The van der Waals surface area contributed by atoms with Crippen LogP contribution in [0.25, 0.3) is 0 Å². The molecule has 1 rings (SSSR count). The first kappa shape index (κ1) is 17.2. The zero-order valence-corrected chi connectivity index (χ0v) is 12.7. The molecule has 1 atom stereocenters. The third-order valence-electron chi connectivity index (χ3n) is 2.92. The number of nitrogens with two attached hydrogens (primary N) is 1. The summed E-state index contributed by atoms with van der Waals surface area (Å²) in [5.41, 5.74) is 7.51. The highest BCUT2D eigenvalue weighted by atomic mass is 16.5. The van der Waals surface area contributed by atoms with Gasteiger partial charge in [-0.25, -0.2) is 0 Å². The van der Waals surface area contributed by atoms with Crippen LogP contribution >= 0.6 is 0 Å². The molecular formula is C16H22N2O3. The molecule has 1 aromatic rings. The second kappa shape index (κ2) is 8.42. The Hall–Kier alpha value is -1.87. The lowest BCUT2D eigenvalue weighted by Crippen LogP contribution is -2.36. The molecule has 0 heterocycles. The molecule has 3 N–H and O–H groups in total. The van der Waals surface area contributed by atoms with Crippen LogP contribution in [0.2, 0.25) is 0 Å². The zero-order valence-electron chi connectivity index (χ0n) is 12.7. The summed E-state index contributed by atoms with van der Waals surface area (Å²) in [6.45, 7) is 2.54. The number of amides is 1. The number of ether oxygens (including phenoxy) is 1. The number of hydrogen-bond donors (Lipinski definition) is 2. The summed E-state index contributed by atoms with van der Waals surface area (Å²) < 4.78 is 4.86. The van der Waals surface area contributed by atoms with E-state index in [-0.39, 0.29) is 25.6 Å². The van der Waals surface area contributed by atoms with E-state index in [0.29, 0.717) is 11.1 Å². The van der Waals surface area contributed by atoms with Gasteiger partial charge in [0.15, 0.2) is 0 Å². The van der Waals surface area contributed by atoms with Gasteiger partial charge in [-0.3, -0.25) is 4.79 Å². The third kappa shape index (κ3) is 5.20. The Kier molecular flexibility index (Phi) is 6.89. The van der Waals surface area contributed by atoms with Crippen LogP contribution in [0.3, 0.4) is 0 Å². The first-order chi connectivity index (χ1) is 9.99. The molecule has 5 nitrogen and oxygen atoms in total. The second-order valence-electron chi connectivity index (χ2n) is 4.85. The Balaban J connectivity index is 2.97. The summed E-state index contributed by atoms with van der Waals surface area (Å²) in [6, 6.07) is 5.50. The van der Waals surface area contributed by atoms with Crippen LogP contribution in [-0.2, 0) is 4.74 Å². The van der Waals surface area contributed by atoms with Crippen LogP contribution in [-0.4, -0.2) is 55.9 Å². The van der Waals surface area contributed by atoms with E-state index in [1.807, 2.05) is 19.1 Å². The van der Waals surface area contributed by atoms with Crippen molar-refractivity contribution in [2.45, 2.75) is 13.0 Å². The summed E-state index contributed by atoms with van der Waals surface area (Å²) in [7, 11) is 3.15. The molecule has 0 spiro atoms. The smallest absolute Gasteiger partial charge is 0.254 e. The fourth-order valence-electron chi connectivity index (χ4n) is 1.94. The van der Waals surface area contributed by atoms with E-state index in [0.717, 1.165) is 5.56 Å².